The summed E-state index contributed by atoms with van der Waals surface area (Å²) in [6.45, 7) is 0. The van der Waals surface area contributed by atoms with Crippen LogP contribution in [0.5, 0.6) is 0 Å². The van der Waals surface area contributed by atoms with E-state index in [0.717, 1.165) is 44.6 Å². The summed E-state index contributed by atoms with van der Waals surface area (Å²) in [7, 11) is 0. The van der Waals surface area contributed by atoms with E-state index in [2.05, 4.69) is 186 Å². The Bertz CT molecular complexity index is 3060. The van der Waals surface area contributed by atoms with E-state index in [4.69, 9.17) is 9.97 Å². The number of pyridine rings is 2. The second-order valence-corrected chi connectivity index (χ2v) is 14.3. The maximum atomic E-state index is 4.94. The van der Waals surface area contributed by atoms with E-state index in [1.807, 2.05) is 18.5 Å². The minimum absolute atomic E-state index is 0.0302. The Labute approximate surface area is 318 Å². The van der Waals surface area contributed by atoms with E-state index in [1.54, 1.807) is 0 Å². The van der Waals surface area contributed by atoms with Crippen molar-refractivity contribution in [3.05, 3.63) is 206 Å². The Hall–Kier alpha value is -7.30. The van der Waals surface area contributed by atoms with Crippen molar-refractivity contribution in [3.8, 4) is 27.9 Å². The van der Waals surface area contributed by atoms with Crippen LogP contribution in [-0.2, 0) is 0 Å². The van der Waals surface area contributed by atoms with Gasteiger partial charge in [-0.3, -0.25) is 9.55 Å². The Morgan fingerprint density at radius 3 is 1.84 bits per heavy atom. The third kappa shape index (κ3) is 5.14. The Morgan fingerprint density at radius 1 is 0.491 bits per heavy atom. The number of benzene rings is 7. The number of fused-ring (bicyclic) bond motifs is 6. The quantitative estimate of drug-likeness (QED) is 0.182. The van der Waals surface area contributed by atoms with Gasteiger partial charge in [0, 0.05) is 40.6 Å². The molecule has 0 amide bonds. The van der Waals surface area contributed by atoms with Crippen LogP contribution in [0.4, 0.5) is 0 Å². The fraction of sp³-hybridized carbons (Fsp3) is 0.0196. The smallest absolute Gasteiger partial charge is 0.145 e. The molecule has 1 aliphatic heterocycles. The van der Waals surface area contributed by atoms with Crippen LogP contribution in [0.25, 0.3) is 87.8 Å². The number of nitrogens with one attached hydrogen (secondary N) is 1. The van der Waals surface area contributed by atoms with Crippen molar-refractivity contribution in [2.24, 2.45) is 0 Å². The van der Waals surface area contributed by atoms with Crippen molar-refractivity contribution < 1.29 is 0 Å². The summed E-state index contributed by atoms with van der Waals surface area (Å²) >= 11 is 0. The second kappa shape index (κ2) is 12.7. The molecule has 0 bridgehead atoms. The topological polar surface area (TPSA) is 42.7 Å². The molecular formula is C51H34N4. The first-order chi connectivity index (χ1) is 27.3. The van der Waals surface area contributed by atoms with Gasteiger partial charge in [0.25, 0.3) is 0 Å². The Balaban J connectivity index is 0.893. The molecule has 55 heavy (non-hydrogen) atoms. The van der Waals surface area contributed by atoms with Crippen LogP contribution in [0.2, 0.25) is 0 Å². The molecule has 258 valence electrons. The van der Waals surface area contributed by atoms with Crippen LogP contribution in [-0.4, -0.2) is 14.5 Å². The van der Waals surface area contributed by atoms with Gasteiger partial charge in [0.05, 0.1) is 17.3 Å². The monoisotopic (exact) mass is 702 g/mol. The maximum absolute atomic E-state index is 4.94. The highest BCUT2D eigenvalue weighted by molar-refractivity contribution is 6.20. The van der Waals surface area contributed by atoms with Crippen molar-refractivity contribution >= 4 is 59.8 Å². The Morgan fingerprint density at radius 2 is 1.13 bits per heavy atom. The number of para-hydroxylation sites is 1. The predicted octanol–water partition coefficient (Wildman–Crippen LogP) is 12.6. The number of hydrogen-bond donors (Lipinski definition) is 1. The van der Waals surface area contributed by atoms with Gasteiger partial charge in [-0.15, -0.1) is 0 Å². The lowest BCUT2D eigenvalue weighted by Gasteiger charge is -2.22. The summed E-state index contributed by atoms with van der Waals surface area (Å²) in [6, 6.07) is 58.6. The van der Waals surface area contributed by atoms with E-state index in [-0.39, 0.29) is 6.04 Å². The zero-order chi connectivity index (χ0) is 36.3. The average molecular weight is 703 g/mol. The first-order valence-corrected chi connectivity index (χ1v) is 18.8. The molecule has 4 heteroatoms. The first-order valence-electron chi connectivity index (χ1n) is 18.8. The van der Waals surface area contributed by atoms with Crippen molar-refractivity contribution in [2.75, 3.05) is 0 Å². The molecule has 1 unspecified atom stereocenters. The van der Waals surface area contributed by atoms with Crippen LogP contribution in [0.3, 0.4) is 0 Å². The number of aromatic nitrogens is 3. The van der Waals surface area contributed by atoms with Gasteiger partial charge >= 0.3 is 0 Å². The largest absolute Gasteiger partial charge is 0.379 e. The van der Waals surface area contributed by atoms with Gasteiger partial charge < -0.3 is 5.32 Å². The highest BCUT2D eigenvalue weighted by Crippen LogP contribution is 2.43. The van der Waals surface area contributed by atoms with Gasteiger partial charge in [0.2, 0.25) is 0 Å². The summed E-state index contributed by atoms with van der Waals surface area (Å²) in [6.07, 6.45) is 10.5. The standard InChI is InChI=1S/C51H34N4/c1-2-11-35-30-36(20-19-33(35)10-1)49-41-13-3-5-15-43(41)50(44-16-6-4-14-42(44)49)38-24-28-47(54-32-38)46-27-23-37(31-53-46)34-21-25-39(26-22-34)55-48-18-8-7-12-40(48)45-17-9-29-52-51(45)55/h1-32,47,54H. The van der Waals surface area contributed by atoms with Crippen LogP contribution in [0.1, 0.15) is 17.3 Å². The predicted molar refractivity (Wildman–Crippen MR) is 229 cm³/mol. The van der Waals surface area contributed by atoms with E-state index in [1.165, 1.54) is 54.4 Å². The van der Waals surface area contributed by atoms with E-state index in [0.29, 0.717) is 0 Å². The molecule has 7 aromatic carbocycles. The summed E-state index contributed by atoms with van der Waals surface area (Å²) in [4.78, 5) is 9.68. The highest BCUT2D eigenvalue weighted by Gasteiger charge is 2.20. The summed E-state index contributed by atoms with van der Waals surface area (Å²) in [5, 5.41) is 13.5. The first kappa shape index (κ1) is 31.2. The lowest BCUT2D eigenvalue weighted by atomic mass is 9.85. The molecule has 0 saturated heterocycles. The second-order valence-electron chi connectivity index (χ2n) is 14.3. The molecule has 0 saturated carbocycles. The van der Waals surface area contributed by atoms with E-state index < -0.39 is 0 Å². The summed E-state index contributed by atoms with van der Waals surface area (Å²) < 4.78 is 2.24. The SMILES string of the molecule is C1=CC(c2ccc(-c3ccc(-n4c5ccccc5c5cccnc54)cc3)cn2)NC=C1c1c2ccccc2c(-c2ccc3ccccc3c2)c2ccccc12. The van der Waals surface area contributed by atoms with Crippen molar-refractivity contribution in [1.82, 2.24) is 19.9 Å². The van der Waals surface area contributed by atoms with Gasteiger partial charge in [-0.2, -0.15) is 0 Å². The van der Waals surface area contributed by atoms with Crippen molar-refractivity contribution in [1.29, 1.82) is 0 Å². The molecule has 10 aromatic rings. The van der Waals surface area contributed by atoms with Crippen LogP contribution >= 0.6 is 0 Å². The molecule has 1 atom stereocenters. The molecule has 0 radical (unpaired) electrons. The molecule has 4 heterocycles. The van der Waals surface area contributed by atoms with Gasteiger partial charge in [0.15, 0.2) is 0 Å². The molecule has 0 aliphatic carbocycles. The summed E-state index contributed by atoms with van der Waals surface area (Å²) in [5.74, 6) is 0. The number of rotatable bonds is 5. The lowest BCUT2D eigenvalue weighted by Crippen LogP contribution is -2.17. The molecule has 11 rings (SSSR count). The van der Waals surface area contributed by atoms with Crippen LogP contribution in [0, 0.1) is 0 Å². The lowest BCUT2D eigenvalue weighted by molar-refractivity contribution is 0.724. The molecular weight excluding hydrogens is 669 g/mol. The van der Waals surface area contributed by atoms with Crippen molar-refractivity contribution in [3.63, 3.8) is 0 Å². The molecule has 4 nitrogen and oxygen atoms in total. The fourth-order valence-electron chi connectivity index (χ4n) is 8.54. The highest BCUT2D eigenvalue weighted by atomic mass is 15.0. The third-order valence-electron chi connectivity index (χ3n) is 11.1. The van der Waals surface area contributed by atoms with Crippen molar-refractivity contribution in [2.45, 2.75) is 6.04 Å². The molecule has 0 spiro atoms. The normalized spacial score (nSPS) is 14.2. The summed E-state index contributed by atoms with van der Waals surface area (Å²) in [5.41, 5.74) is 11.3. The molecule has 0 fully saturated rings. The minimum Gasteiger partial charge on any atom is -0.379 e. The zero-order valence-electron chi connectivity index (χ0n) is 29.9. The number of dihydropyridines is 1. The molecule has 3 aromatic heterocycles. The number of nitrogens with zero attached hydrogens (tertiary/aromatic N) is 3. The van der Waals surface area contributed by atoms with Gasteiger partial charge in [-0.05, 0) is 103 Å². The third-order valence-corrected chi connectivity index (χ3v) is 11.1. The Kier molecular flexibility index (Phi) is 7.20. The fourth-order valence-corrected chi connectivity index (χ4v) is 8.54. The van der Waals surface area contributed by atoms with Gasteiger partial charge in [0.1, 0.15) is 5.65 Å². The maximum Gasteiger partial charge on any atom is 0.145 e. The number of hydrogen-bond acceptors (Lipinski definition) is 3. The zero-order valence-corrected chi connectivity index (χ0v) is 29.9. The molecule has 1 N–H and O–H groups in total. The minimum atomic E-state index is -0.0302. The van der Waals surface area contributed by atoms with Crippen LogP contribution in [0.15, 0.2) is 195 Å². The van der Waals surface area contributed by atoms with Gasteiger partial charge in [-0.1, -0.05) is 133 Å². The van der Waals surface area contributed by atoms with E-state index in [9.17, 15) is 0 Å². The average Bonchev–Trinajstić information content (AvgIpc) is 3.60. The number of allylic oxidation sites excluding steroid dienone is 2. The van der Waals surface area contributed by atoms with Gasteiger partial charge in [-0.25, -0.2) is 4.98 Å². The van der Waals surface area contributed by atoms with Crippen LogP contribution < -0.4 is 5.32 Å². The molecule has 1 aliphatic rings. The van der Waals surface area contributed by atoms with E-state index >= 15 is 0 Å².